The number of nitrogens with zero attached hydrogens (tertiary/aromatic N) is 3. The number of ether oxygens (including phenoxy) is 1. The van der Waals surface area contributed by atoms with Gasteiger partial charge in [0, 0.05) is 12.1 Å². The summed E-state index contributed by atoms with van der Waals surface area (Å²) in [5.74, 6) is 0.457. The van der Waals surface area contributed by atoms with Crippen LogP contribution < -0.4 is 10.3 Å². The Bertz CT molecular complexity index is 861. The predicted octanol–water partition coefficient (Wildman–Crippen LogP) is 2.44. The molecule has 0 unspecified atom stereocenters. The summed E-state index contributed by atoms with van der Waals surface area (Å²) in [6.45, 7) is 5.76. The van der Waals surface area contributed by atoms with E-state index in [0.29, 0.717) is 17.1 Å². The first-order valence-electron chi connectivity index (χ1n) is 6.38. The normalized spacial score (nSPS) is 11.7. The van der Waals surface area contributed by atoms with Gasteiger partial charge in [-0.2, -0.15) is 4.98 Å². The minimum absolute atomic E-state index is 0.0243. The van der Waals surface area contributed by atoms with E-state index in [0.717, 1.165) is 10.9 Å². The molecule has 0 spiro atoms. The standard InChI is InChI=1S/C14H15N3O3/c1-7(2)17-6-15-11-10-8(3)5-9(19-4)16-13(10)20-12(11)14(17)18/h5-7H,1-4H3. The van der Waals surface area contributed by atoms with Crippen LogP contribution in [0.15, 0.2) is 21.6 Å². The quantitative estimate of drug-likeness (QED) is 0.717. The zero-order valence-electron chi connectivity index (χ0n) is 11.8. The van der Waals surface area contributed by atoms with Crippen LogP contribution in [-0.4, -0.2) is 21.6 Å². The van der Waals surface area contributed by atoms with Crippen LogP contribution >= 0.6 is 0 Å². The summed E-state index contributed by atoms with van der Waals surface area (Å²) in [4.78, 5) is 21.0. The van der Waals surface area contributed by atoms with E-state index in [1.165, 1.54) is 4.57 Å². The van der Waals surface area contributed by atoms with Crippen LogP contribution in [0.5, 0.6) is 5.88 Å². The van der Waals surface area contributed by atoms with Gasteiger partial charge in [-0.3, -0.25) is 9.36 Å². The van der Waals surface area contributed by atoms with Crippen molar-refractivity contribution in [1.82, 2.24) is 14.5 Å². The summed E-state index contributed by atoms with van der Waals surface area (Å²) in [7, 11) is 1.54. The van der Waals surface area contributed by atoms with Crippen molar-refractivity contribution in [2.45, 2.75) is 26.8 Å². The van der Waals surface area contributed by atoms with Crippen LogP contribution in [0, 0.1) is 6.92 Å². The molecule has 6 heteroatoms. The molecule has 0 aliphatic carbocycles. The van der Waals surface area contributed by atoms with Gasteiger partial charge in [0.2, 0.25) is 17.2 Å². The molecule has 0 aliphatic heterocycles. The molecule has 3 aromatic rings. The molecule has 0 radical (unpaired) electrons. The van der Waals surface area contributed by atoms with E-state index in [2.05, 4.69) is 9.97 Å². The van der Waals surface area contributed by atoms with E-state index in [1.807, 2.05) is 20.8 Å². The third-order valence-electron chi connectivity index (χ3n) is 3.32. The molecular weight excluding hydrogens is 258 g/mol. The lowest BCUT2D eigenvalue weighted by Crippen LogP contribution is -2.21. The van der Waals surface area contributed by atoms with Crippen molar-refractivity contribution in [3.8, 4) is 5.88 Å². The Balaban J connectivity index is 2.45. The molecule has 0 atom stereocenters. The van der Waals surface area contributed by atoms with Gasteiger partial charge in [-0.15, -0.1) is 0 Å². The summed E-state index contributed by atoms with van der Waals surface area (Å²) in [5, 5.41) is 0.758. The zero-order chi connectivity index (χ0) is 14.4. The van der Waals surface area contributed by atoms with E-state index < -0.39 is 0 Å². The molecule has 20 heavy (non-hydrogen) atoms. The molecule has 0 bridgehead atoms. The molecule has 6 nitrogen and oxygen atoms in total. The SMILES string of the molecule is COc1cc(C)c2c(n1)oc1c(=O)n(C(C)C)cnc12. The lowest BCUT2D eigenvalue weighted by atomic mass is 10.2. The maximum absolute atomic E-state index is 12.4. The topological polar surface area (TPSA) is 70.2 Å². The van der Waals surface area contributed by atoms with Gasteiger partial charge in [-0.25, -0.2) is 4.98 Å². The summed E-state index contributed by atoms with van der Waals surface area (Å²) < 4.78 is 12.3. The van der Waals surface area contributed by atoms with Crippen molar-refractivity contribution in [3.05, 3.63) is 28.3 Å². The molecule has 0 aliphatic rings. The van der Waals surface area contributed by atoms with Crippen molar-refractivity contribution in [1.29, 1.82) is 0 Å². The average molecular weight is 273 g/mol. The van der Waals surface area contributed by atoms with Crippen molar-refractivity contribution in [2.24, 2.45) is 0 Å². The number of furan rings is 1. The van der Waals surface area contributed by atoms with E-state index in [4.69, 9.17) is 9.15 Å². The van der Waals surface area contributed by atoms with E-state index in [1.54, 1.807) is 19.5 Å². The van der Waals surface area contributed by atoms with Crippen LogP contribution in [0.4, 0.5) is 0 Å². The third-order valence-corrected chi connectivity index (χ3v) is 3.32. The first-order valence-corrected chi connectivity index (χ1v) is 6.38. The first-order chi connectivity index (χ1) is 9.52. The highest BCUT2D eigenvalue weighted by Gasteiger charge is 2.18. The van der Waals surface area contributed by atoms with Gasteiger partial charge >= 0.3 is 0 Å². The lowest BCUT2D eigenvalue weighted by molar-refractivity contribution is 0.397. The first kappa shape index (κ1) is 12.7. The van der Waals surface area contributed by atoms with Crippen LogP contribution in [0.2, 0.25) is 0 Å². The van der Waals surface area contributed by atoms with Crippen molar-refractivity contribution in [2.75, 3.05) is 7.11 Å². The number of hydrogen-bond donors (Lipinski definition) is 0. The number of fused-ring (bicyclic) bond motifs is 3. The Morgan fingerprint density at radius 3 is 2.80 bits per heavy atom. The Morgan fingerprint density at radius 1 is 1.40 bits per heavy atom. The second kappa shape index (κ2) is 4.33. The Labute approximate surface area is 115 Å². The molecule has 0 amide bonds. The highest BCUT2D eigenvalue weighted by Crippen LogP contribution is 2.29. The highest BCUT2D eigenvalue weighted by atomic mass is 16.5. The largest absolute Gasteiger partial charge is 0.481 e. The fraction of sp³-hybridized carbons (Fsp3) is 0.357. The smallest absolute Gasteiger partial charge is 0.297 e. The van der Waals surface area contributed by atoms with Gasteiger partial charge in [-0.05, 0) is 26.3 Å². The van der Waals surface area contributed by atoms with Crippen LogP contribution in [-0.2, 0) is 0 Å². The predicted molar refractivity (Wildman–Crippen MR) is 75.2 cm³/mol. The Morgan fingerprint density at radius 2 is 2.15 bits per heavy atom. The molecule has 3 aromatic heterocycles. The number of methoxy groups -OCH3 is 1. The van der Waals surface area contributed by atoms with Gasteiger partial charge in [0.1, 0.15) is 5.52 Å². The lowest BCUT2D eigenvalue weighted by Gasteiger charge is -2.07. The van der Waals surface area contributed by atoms with Gasteiger partial charge in [0.25, 0.3) is 5.56 Å². The Kier molecular flexibility index (Phi) is 2.74. The third kappa shape index (κ3) is 1.68. The summed E-state index contributed by atoms with van der Waals surface area (Å²) >= 11 is 0. The van der Waals surface area contributed by atoms with Gasteiger partial charge in [0.15, 0.2) is 0 Å². The summed E-state index contributed by atoms with van der Waals surface area (Å²) in [6.07, 6.45) is 1.55. The fourth-order valence-electron chi connectivity index (χ4n) is 2.26. The van der Waals surface area contributed by atoms with Crippen LogP contribution in [0.1, 0.15) is 25.5 Å². The van der Waals surface area contributed by atoms with Gasteiger partial charge in [-0.1, -0.05) is 0 Å². The minimum atomic E-state index is -0.193. The molecule has 0 saturated heterocycles. The molecule has 104 valence electrons. The number of rotatable bonds is 2. The van der Waals surface area contributed by atoms with Crippen molar-refractivity contribution < 1.29 is 9.15 Å². The minimum Gasteiger partial charge on any atom is -0.481 e. The number of aromatic nitrogens is 3. The molecule has 0 fully saturated rings. The second-order valence-corrected chi connectivity index (χ2v) is 4.99. The maximum Gasteiger partial charge on any atom is 0.297 e. The van der Waals surface area contributed by atoms with E-state index in [-0.39, 0.29) is 17.2 Å². The summed E-state index contributed by atoms with van der Waals surface area (Å²) in [5.41, 5.74) is 1.89. The molecule has 3 heterocycles. The molecule has 0 N–H and O–H groups in total. The number of pyridine rings is 1. The van der Waals surface area contributed by atoms with Crippen LogP contribution in [0.25, 0.3) is 22.2 Å². The zero-order valence-corrected chi connectivity index (χ0v) is 11.8. The summed E-state index contributed by atoms with van der Waals surface area (Å²) in [6, 6.07) is 1.82. The van der Waals surface area contributed by atoms with E-state index >= 15 is 0 Å². The Hall–Kier alpha value is -2.37. The molecule has 0 saturated carbocycles. The van der Waals surface area contributed by atoms with Gasteiger partial charge in [0.05, 0.1) is 18.8 Å². The number of hydrogen-bond acceptors (Lipinski definition) is 5. The highest BCUT2D eigenvalue weighted by molar-refractivity contribution is 6.02. The molecular formula is C14H15N3O3. The molecule has 0 aromatic carbocycles. The van der Waals surface area contributed by atoms with E-state index in [9.17, 15) is 4.79 Å². The van der Waals surface area contributed by atoms with Crippen LogP contribution in [0.3, 0.4) is 0 Å². The monoisotopic (exact) mass is 273 g/mol. The van der Waals surface area contributed by atoms with Crippen molar-refractivity contribution in [3.63, 3.8) is 0 Å². The molecule has 3 rings (SSSR count). The fourth-order valence-corrected chi connectivity index (χ4v) is 2.26. The second-order valence-electron chi connectivity index (χ2n) is 4.99. The number of aryl methyl sites for hydroxylation is 1. The van der Waals surface area contributed by atoms with Crippen molar-refractivity contribution >= 4 is 22.2 Å². The maximum atomic E-state index is 12.4. The average Bonchev–Trinajstić information content (AvgIpc) is 2.78. The van der Waals surface area contributed by atoms with Gasteiger partial charge < -0.3 is 9.15 Å².